The Kier molecular flexibility index (Phi) is 6.92. The Balaban J connectivity index is 1.72. The summed E-state index contributed by atoms with van der Waals surface area (Å²) in [6, 6.07) is 18.2. The molecule has 0 fully saturated rings. The van der Waals surface area contributed by atoms with E-state index in [0.717, 1.165) is 48.5 Å². The summed E-state index contributed by atoms with van der Waals surface area (Å²) in [5.41, 5.74) is 6.58. The van der Waals surface area contributed by atoms with Gasteiger partial charge in [0, 0.05) is 11.4 Å². The molecule has 0 radical (unpaired) electrons. The zero-order valence-corrected chi connectivity index (χ0v) is 19.9. The molecule has 0 aliphatic heterocycles. The van der Waals surface area contributed by atoms with Gasteiger partial charge in [-0.3, -0.25) is 0 Å². The van der Waals surface area contributed by atoms with Crippen LogP contribution in [-0.2, 0) is 5.41 Å². The van der Waals surface area contributed by atoms with Gasteiger partial charge in [-0.05, 0) is 90.3 Å². The van der Waals surface area contributed by atoms with Crippen LogP contribution < -0.4 is 20.9 Å². The van der Waals surface area contributed by atoms with Crippen molar-refractivity contribution in [1.29, 1.82) is 0 Å². The third kappa shape index (κ3) is 5.06. The van der Waals surface area contributed by atoms with Crippen LogP contribution >= 0.6 is 0 Å². The van der Waals surface area contributed by atoms with E-state index < -0.39 is 28.9 Å². The van der Waals surface area contributed by atoms with Crippen molar-refractivity contribution in [2.45, 2.75) is 24.7 Å². The molecule has 38 heavy (non-hydrogen) atoms. The largest absolute Gasteiger partial charge is 0.457 e. The Hall–Kier alpha value is -4.34. The minimum atomic E-state index is -5.72. The van der Waals surface area contributed by atoms with Gasteiger partial charge in [0.25, 0.3) is 0 Å². The number of ether oxygens (including phenoxy) is 2. The molecule has 4 nitrogen and oxygen atoms in total. The van der Waals surface area contributed by atoms with Gasteiger partial charge < -0.3 is 20.9 Å². The van der Waals surface area contributed by atoms with Gasteiger partial charge in [0.15, 0.2) is 0 Å². The number of benzene rings is 4. The lowest BCUT2D eigenvalue weighted by molar-refractivity contribution is -0.288. The van der Waals surface area contributed by atoms with Crippen molar-refractivity contribution in [2.75, 3.05) is 11.5 Å². The molecular formula is C28H22F6N2O2. The number of aryl methyl sites for hydroxylation is 1. The van der Waals surface area contributed by atoms with E-state index in [-0.39, 0.29) is 11.5 Å². The van der Waals surface area contributed by atoms with Gasteiger partial charge >= 0.3 is 12.4 Å². The van der Waals surface area contributed by atoms with Crippen molar-refractivity contribution in [1.82, 2.24) is 0 Å². The molecule has 0 aliphatic carbocycles. The van der Waals surface area contributed by atoms with E-state index in [1.54, 1.807) is 37.3 Å². The predicted octanol–water partition coefficient (Wildman–Crippen LogP) is 8.15. The number of hydrogen-bond acceptors (Lipinski definition) is 4. The van der Waals surface area contributed by atoms with Crippen LogP contribution in [0.5, 0.6) is 23.0 Å². The fourth-order valence-corrected chi connectivity index (χ4v) is 4.11. The highest BCUT2D eigenvalue weighted by atomic mass is 19.4. The quantitative estimate of drug-likeness (QED) is 0.194. The van der Waals surface area contributed by atoms with Gasteiger partial charge in [-0.15, -0.1) is 0 Å². The zero-order valence-electron chi connectivity index (χ0n) is 19.9. The molecule has 0 unspecified atom stereocenters. The molecule has 198 valence electrons. The number of nitrogens with two attached hydrogens (primary N) is 2. The Morgan fingerprint density at radius 1 is 0.526 bits per heavy atom. The van der Waals surface area contributed by atoms with E-state index >= 15 is 0 Å². The van der Waals surface area contributed by atoms with Crippen molar-refractivity contribution < 1.29 is 35.8 Å². The van der Waals surface area contributed by atoms with Gasteiger partial charge in [0.05, 0.1) is 0 Å². The minimum absolute atomic E-state index is 0.0550. The molecule has 0 heterocycles. The van der Waals surface area contributed by atoms with Crippen molar-refractivity contribution in [3.8, 4) is 23.0 Å². The summed E-state index contributed by atoms with van der Waals surface area (Å²) in [5, 5.41) is 0. The van der Waals surface area contributed by atoms with E-state index in [0.29, 0.717) is 28.4 Å². The monoisotopic (exact) mass is 532 g/mol. The van der Waals surface area contributed by atoms with Crippen LogP contribution in [0.15, 0.2) is 91.0 Å². The molecule has 0 bridgehead atoms. The lowest BCUT2D eigenvalue weighted by atomic mass is 9.73. The first-order chi connectivity index (χ1) is 17.8. The topological polar surface area (TPSA) is 70.5 Å². The number of anilines is 2. The van der Waals surface area contributed by atoms with Crippen molar-refractivity contribution >= 4 is 11.4 Å². The van der Waals surface area contributed by atoms with Crippen LogP contribution in [0.2, 0.25) is 0 Å². The summed E-state index contributed by atoms with van der Waals surface area (Å²) < 4.78 is 97.9. The predicted molar refractivity (Wildman–Crippen MR) is 132 cm³/mol. The summed E-state index contributed by atoms with van der Waals surface area (Å²) in [6.45, 7) is 1.71. The molecule has 0 aliphatic rings. The maximum Gasteiger partial charge on any atom is 0.411 e. The van der Waals surface area contributed by atoms with E-state index in [9.17, 15) is 26.3 Å². The Bertz CT molecular complexity index is 1380. The highest BCUT2D eigenvalue weighted by molar-refractivity contribution is 5.51. The Morgan fingerprint density at radius 3 is 1.34 bits per heavy atom. The molecule has 4 N–H and O–H groups in total. The lowest BCUT2D eigenvalue weighted by Crippen LogP contribution is -2.54. The van der Waals surface area contributed by atoms with Gasteiger partial charge in [0.1, 0.15) is 23.0 Å². The molecule has 10 heteroatoms. The molecule has 4 rings (SSSR count). The molecular weight excluding hydrogens is 510 g/mol. The second kappa shape index (κ2) is 9.85. The zero-order chi connectivity index (χ0) is 27.7. The van der Waals surface area contributed by atoms with E-state index in [1.807, 2.05) is 0 Å². The fraction of sp³-hybridized carbons (Fsp3) is 0.143. The molecule has 4 aromatic carbocycles. The molecule has 0 amide bonds. The van der Waals surface area contributed by atoms with Crippen molar-refractivity contribution in [3.63, 3.8) is 0 Å². The average Bonchev–Trinajstić information content (AvgIpc) is 2.83. The summed E-state index contributed by atoms with van der Waals surface area (Å²) >= 11 is 0. The van der Waals surface area contributed by atoms with Crippen LogP contribution in [0.1, 0.15) is 16.7 Å². The number of nitrogen functional groups attached to an aromatic ring is 2. The number of hydrogen-bond donors (Lipinski definition) is 2. The molecule has 0 atom stereocenters. The minimum Gasteiger partial charge on any atom is -0.457 e. The molecule has 4 aromatic rings. The van der Waals surface area contributed by atoms with Crippen LogP contribution in [0.4, 0.5) is 37.7 Å². The standard InChI is InChI=1S/C28H22F6N2O2/c1-17-16-21(36)8-15-25(17)38-24-11-4-19(5-12-24)26(27(29,30)31,28(32,33)34)18-2-9-22(10-3-18)37-23-13-6-20(35)7-14-23/h2-16H,35-36H2,1H3. The fourth-order valence-electron chi connectivity index (χ4n) is 4.11. The third-order valence-electron chi connectivity index (χ3n) is 5.97. The summed E-state index contributed by atoms with van der Waals surface area (Å²) in [6.07, 6.45) is -11.4. The van der Waals surface area contributed by atoms with Gasteiger partial charge in [-0.1, -0.05) is 24.3 Å². The van der Waals surface area contributed by atoms with Crippen LogP contribution in [0.25, 0.3) is 0 Å². The smallest absolute Gasteiger partial charge is 0.411 e. The maximum absolute atomic E-state index is 14.5. The van der Waals surface area contributed by atoms with Gasteiger partial charge in [0.2, 0.25) is 5.41 Å². The average molecular weight is 532 g/mol. The van der Waals surface area contributed by atoms with Crippen LogP contribution in [-0.4, -0.2) is 12.4 Å². The molecule has 0 spiro atoms. The SMILES string of the molecule is Cc1cc(N)ccc1Oc1ccc(C(c2ccc(Oc3ccc(N)cc3)cc2)(C(F)(F)F)C(F)(F)F)cc1. The second-order valence-corrected chi connectivity index (χ2v) is 8.59. The lowest BCUT2D eigenvalue weighted by Gasteiger charge is -2.38. The summed E-state index contributed by atoms with van der Waals surface area (Å²) in [5.74, 6) is 0.796. The van der Waals surface area contributed by atoms with E-state index in [4.69, 9.17) is 20.9 Å². The van der Waals surface area contributed by atoms with Gasteiger partial charge in [-0.25, -0.2) is 0 Å². The maximum atomic E-state index is 14.5. The Morgan fingerprint density at radius 2 is 0.921 bits per heavy atom. The van der Waals surface area contributed by atoms with Crippen LogP contribution in [0.3, 0.4) is 0 Å². The highest BCUT2D eigenvalue weighted by Crippen LogP contribution is 2.56. The molecule has 0 saturated heterocycles. The summed E-state index contributed by atoms with van der Waals surface area (Å²) in [7, 11) is 0. The van der Waals surface area contributed by atoms with E-state index in [1.165, 1.54) is 12.1 Å². The van der Waals surface area contributed by atoms with Crippen molar-refractivity contribution in [3.05, 3.63) is 108 Å². The number of rotatable bonds is 6. The van der Waals surface area contributed by atoms with Crippen LogP contribution in [0, 0.1) is 6.92 Å². The summed E-state index contributed by atoms with van der Waals surface area (Å²) in [4.78, 5) is 0. The normalized spacial score (nSPS) is 12.3. The highest BCUT2D eigenvalue weighted by Gasteiger charge is 2.72. The number of halogens is 6. The first kappa shape index (κ1) is 26.7. The van der Waals surface area contributed by atoms with Gasteiger partial charge in [-0.2, -0.15) is 26.3 Å². The molecule has 0 aromatic heterocycles. The number of alkyl halides is 6. The van der Waals surface area contributed by atoms with Crippen molar-refractivity contribution in [2.24, 2.45) is 0 Å². The Labute approximate surface area is 214 Å². The first-order valence-corrected chi connectivity index (χ1v) is 11.2. The second-order valence-electron chi connectivity index (χ2n) is 8.59. The first-order valence-electron chi connectivity index (χ1n) is 11.2. The van der Waals surface area contributed by atoms with E-state index in [2.05, 4.69) is 0 Å². The molecule has 0 saturated carbocycles. The third-order valence-corrected chi connectivity index (χ3v) is 5.97.